The number of rotatable bonds is 4. The zero-order chi connectivity index (χ0) is 13.0. The second-order valence-corrected chi connectivity index (χ2v) is 4.61. The molecule has 1 aliphatic rings. The van der Waals surface area contributed by atoms with Crippen molar-refractivity contribution >= 4 is 6.03 Å². The normalized spacial score (nSPS) is 20.7. The molecule has 1 aromatic heterocycles. The van der Waals surface area contributed by atoms with Gasteiger partial charge in [0.15, 0.2) is 5.82 Å². The van der Waals surface area contributed by atoms with Crippen molar-refractivity contribution in [2.45, 2.75) is 19.4 Å². The van der Waals surface area contributed by atoms with Gasteiger partial charge in [-0.05, 0) is 13.3 Å². The molecule has 1 aromatic rings. The van der Waals surface area contributed by atoms with Crippen molar-refractivity contribution in [1.29, 1.82) is 0 Å². The van der Waals surface area contributed by atoms with Crippen LogP contribution in [0.25, 0.3) is 0 Å². The number of carbonyl (C=O) groups excluding carboxylic acids is 1. The van der Waals surface area contributed by atoms with Crippen molar-refractivity contribution in [3.05, 3.63) is 12.2 Å². The lowest BCUT2D eigenvalue weighted by Gasteiger charge is -2.15. The van der Waals surface area contributed by atoms with Crippen LogP contribution < -0.4 is 10.6 Å². The van der Waals surface area contributed by atoms with Gasteiger partial charge in [0.1, 0.15) is 6.33 Å². The van der Waals surface area contributed by atoms with E-state index >= 15 is 0 Å². The Kier molecular flexibility index (Phi) is 4.14. The summed E-state index contributed by atoms with van der Waals surface area (Å²) in [5.41, 5.74) is 0. The molecular weight excluding hydrogens is 234 g/mol. The fourth-order valence-electron chi connectivity index (χ4n) is 1.98. The van der Waals surface area contributed by atoms with E-state index < -0.39 is 0 Å². The van der Waals surface area contributed by atoms with Crippen LogP contribution in [0, 0.1) is 5.92 Å². The van der Waals surface area contributed by atoms with Gasteiger partial charge in [-0.2, -0.15) is 0 Å². The highest BCUT2D eigenvalue weighted by atomic mass is 16.5. The molecular formula is C11H19N5O2. The first-order chi connectivity index (χ1) is 8.66. The van der Waals surface area contributed by atoms with Crippen LogP contribution in [0.2, 0.25) is 0 Å². The van der Waals surface area contributed by atoms with Crippen LogP contribution in [0.1, 0.15) is 25.2 Å². The third kappa shape index (κ3) is 3.19. The van der Waals surface area contributed by atoms with Crippen molar-refractivity contribution in [3.8, 4) is 0 Å². The van der Waals surface area contributed by atoms with Crippen LogP contribution in [0.5, 0.6) is 0 Å². The van der Waals surface area contributed by atoms with Gasteiger partial charge in [-0.25, -0.2) is 4.79 Å². The van der Waals surface area contributed by atoms with Crippen molar-refractivity contribution in [2.24, 2.45) is 13.0 Å². The van der Waals surface area contributed by atoms with Crippen molar-refractivity contribution in [1.82, 2.24) is 25.4 Å². The average Bonchev–Trinajstić information content (AvgIpc) is 2.97. The summed E-state index contributed by atoms with van der Waals surface area (Å²) in [6.07, 6.45) is 2.63. The van der Waals surface area contributed by atoms with Crippen LogP contribution in [-0.2, 0) is 11.8 Å². The second-order valence-electron chi connectivity index (χ2n) is 4.61. The zero-order valence-corrected chi connectivity index (χ0v) is 10.7. The van der Waals surface area contributed by atoms with Gasteiger partial charge in [0.05, 0.1) is 12.6 Å². The topological polar surface area (TPSA) is 81.1 Å². The molecule has 2 N–H and O–H groups in total. The monoisotopic (exact) mass is 253 g/mol. The van der Waals surface area contributed by atoms with E-state index in [0.29, 0.717) is 12.5 Å². The number of ether oxygens (including phenoxy) is 1. The van der Waals surface area contributed by atoms with E-state index in [2.05, 4.69) is 20.8 Å². The largest absolute Gasteiger partial charge is 0.381 e. The minimum Gasteiger partial charge on any atom is -0.381 e. The number of hydrogen-bond acceptors (Lipinski definition) is 4. The predicted octanol–water partition coefficient (Wildman–Crippen LogP) is 0.212. The van der Waals surface area contributed by atoms with Gasteiger partial charge < -0.3 is 19.9 Å². The SMILES string of the molecule is C[C@H](NC(=O)NC[C@@H]1CCOC1)c1nncn1C. The number of urea groups is 1. The van der Waals surface area contributed by atoms with Crippen molar-refractivity contribution < 1.29 is 9.53 Å². The summed E-state index contributed by atoms with van der Waals surface area (Å²) in [6, 6.07) is -0.352. The molecule has 100 valence electrons. The first-order valence-electron chi connectivity index (χ1n) is 6.13. The molecule has 18 heavy (non-hydrogen) atoms. The van der Waals surface area contributed by atoms with Crippen molar-refractivity contribution in [2.75, 3.05) is 19.8 Å². The van der Waals surface area contributed by atoms with Gasteiger partial charge in [-0.15, -0.1) is 10.2 Å². The van der Waals surface area contributed by atoms with Crippen LogP contribution in [0.3, 0.4) is 0 Å². The minimum atomic E-state index is -0.183. The Balaban J connectivity index is 1.75. The highest BCUT2D eigenvalue weighted by Gasteiger charge is 2.18. The molecule has 0 unspecified atom stereocenters. The summed E-state index contributed by atoms with van der Waals surface area (Å²) in [7, 11) is 1.85. The molecule has 1 aliphatic heterocycles. The van der Waals surface area contributed by atoms with E-state index in [-0.39, 0.29) is 12.1 Å². The van der Waals surface area contributed by atoms with Crippen LogP contribution in [-0.4, -0.2) is 40.6 Å². The third-order valence-corrected chi connectivity index (χ3v) is 3.06. The van der Waals surface area contributed by atoms with E-state index in [0.717, 1.165) is 25.5 Å². The summed E-state index contributed by atoms with van der Waals surface area (Å²) >= 11 is 0. The molecule has 2 heterocycles. The molecule has 0 radical (unpaired) electrons. The Morgan fingerprint density at radius 2 is 2.56 bits per heavy atom. The number of aromatic nitrogens is 3. The average molecular weight is 253 g/mol. The van der Waals surface area contributed by atoms with Gasteiger partial charge in [-0.1, -0.05) is 0 Å². The summed E-state index contributed by atoms with van der Waals surface area (Å²) in [5.74, 6) is 1.16. The van der Waals surface area contributed by atoms with E-state index in [1.54, 1.807) is 10.9 Å². The van der Waals surface area contributed by atoms with Crippen LogP contribution >= 0.6 is 0 Å². The molecule has 0 aliphatic carbocycles. The van der Waals surface area contributed by atoms with Gasteiger partial charge in [0.2, 0.25) is 0 Å². The molecule has 0 spiro atoms. The third-order valence-electron chi connectivity index (χ3n) is 3.06. The van der Waals surface area contributed by atoms with Crippen LogP contribution in [0.4, 0.5) is 4.79 Å². The lowest BCUT2D eigenvalue weighted by atomic mass is 10.1. The first-order valence-corrected chi connectivity index (χ1v) is 6.13. The molecule has 0 aromatic carbocycles. The Morgan fingerprint density at radius 1 is 1.72 bits per heavy atom. The molecule has 2 rings (SSSR count). The molecule has 0 saturated carbocycles. The van der Waals surface area contributed by atoms with E-state index in [9.17, 15) is 4.79 Å². The van der Waals surface area contributed by atoms with Gasteiger partial charge in [0.25, 0.3) is 0 Å². The fourth-order valence-corrected chi connectivity index (χ4v) is 1.98. The molecule has 1 fully saturated rings. The molecule has 7 heteroatoms. The van der Waals surface area contributed by atoms with Crippen LogP contribution in [0.15, 0.2) is 6.33 Å². The highest BCUT2D eigenvalue weighted by Crippen LogP contribution is 2.11. The standard InChI is InChI=1S/C11H19N5O2/c1-8(10-15-13-7-16(10)2)14-11(17)12-5-9-3-4-18-6-9/h7-9H,3-6H2,1-2H3,(H2,12,14,17)/t8-,9-/m0/s1. The maximum Gasteiger partial charge on any atom is 0.315 e. The second kappa shape index (κ2) is 5.81. The van der Waals surface area contributed by atoms with Gasteiger partial charge >= 0.3 is 6.03 Å². The molecule has 0 bridgehead atoms. The molecule has 2 amide bonds. The summed E-state index contributed by atoms with van der Waals surface area (Å²) < 4.78 is 7.04. The number of aryl methyl sites for hydroxylation is 1. The molecule has 2 atom stereocenters. The number of nitrogens with zero attached hydrogens (tertiary/aromatic N) is 3. The van der Waals surface area contributed by atoms with Gasteiger partial charge in [0, 0.05) is 26.1 Å². The Hall–Kier alpha value is -1.63. The Bertz CT molecular complexity index is 400. The smallest absolute Gasteiger partial charge is 0.315 e. The fraction of sp³-hybridized carbons (Fsp3) is 0.727. The lowest BCUT2D eigenvalue weighted by Crippen LogP contribution is -2.40. The summed E-state index contributed by atoms with van der Waals surface area (Å²) in [5, 5.41) is 13.4. The van der Waals surface area contributed by atoms with Gasteiger partial charge in [-0.3, -0.25) is 0 Å². The quantitative estimate of drug-likeness (QED) is 0.804. The summed E-state index contributed by atoms with van der Waals surface area (Å²) in [6.45, 7) is 4.06. The first kappa shape index (κ1) is 12.8. The van der Waals surface area contributed by atoms with Crippen molar-refractivity contribution in [3.63, 3.8) is 0 Å². The Morgan fingerprint density at radius 3 is 3.17 bits per heavy atom. The minimum absolute atomic E-state index is 0.169. The lowest BCUT2D eigenvalue weighted by molar-refractivity contribution is 0.185. The number of nitrogens with one attached hydrogen (secondary N) is 2. The summed E-state index contributed by atoms with van der Waals surface area (Å²) in [4.78, 5) is 11.7. The number of amides is 2. The highest BCUT2D eigenvalue weighted by molar-refractivity contribution is 5.74. The maximum atomic E-state index is 11.7. The Labute approximate surface area is 106 Å². The van der Waals surface area contributed by atoms with E-state index in [4.69, 9.17) is 4.74 Å². The van der Waals surface area contributed by atoms with E-state index in [1.165, 1.54) is 0 Å². The van der Waals surface area contributed by atoms with E-state index in [1.807, 2.05) is 14.0 Å². The molecule has 1 saturated heterocycles. The predicted molar refractivity (Wildman–Crippen MR) is 64.9 cm³/mol. The number of hydrogen-bond donors (Lipinski definition) is 2. The zero-order valence-electron chi connectivity index (χ0n) is 10.7. The molecule has 7 nitrogen and oxygen atoms in total. The maximum absolute atomic E-state index is 11.7. The number of carbonyl (C=O) groups is 1.